The van der Waals surface area contributed by atoms with Gasteiger partial charge in [0.05, 0.1) is 6.42 Å². The average molecular weight is 834 g/mol. The van der Waals surface area contributed by atoms with Crippen molar-refractivity contribution in [3.8, 4) is 11.1 Å². The lowest BCUT2D eigenvalue weighted by atomic mass is 9.98. The van der Waals surface area contributed by atoms with E-state index in [0.29, 0.717) is 23.1 Å². The van der Waals surface area contributed by atoms with Gasteiger partial charge in [0.2, 0.25) is 17.7 Å². The van der Waals surface area contributed by atoms with E-state index in [1.54, 1.807) is 42.5 Å². The van der Waals surface area contributed by atoms with Gasteiger partial charge in [-0.25, -0.2) is 0 Å². The molecule has 4 aromatic rings. The van der Waals surface area contributed by atoms with Crippen LogP contribution in [0.1, 0.15) is 36.0 Å². The van der Waals surface area contributed by atoms with E-state index in [-0.39, 0.29) is 36.6 Å². The Morgan fingerprint density at radius 3 is 1.73 bits per heavy atom. The molecular weight excluding hydrogens is 787 g/mol. The molecule has 0 fully saturated rings. The molecule has 14 nitrogen and oxygen atoms in total. The van der Waals surface area contributed by atoms with E-state index in [4.69, 9.17) is 0 Å². The number of anilines is 1. The predicted molar refractivity (Wildman–Crippen MR) is 226 cm³/mol. The first-order valence-electron chi connectivity index (χ1n) is 19.6. The maximum absolute atomic E-state index is 14.5. The van der Waals surface area contributed by atoms with Crippen LogP contribution in [0.15, 0.2) is 121 Å². The number of allylic oxidation sites excluding steroid dienone is 1. The molecule has 7 rings (SSSR count). The molecule has 3 aliphatic heterocycles. The zero-order valence-corrected chi connectivity index (χ0v) is 33.3. The van der Waals surface area contributed by atoms with Crippen LogP contribution in [-0.4, -0.2) is 92.5 Å². The highest BCUT2D eigenvalue weighted by atomic mass is 32.2. The van der Waals surface area contributed by atoms with Crippen LogP contribution in [0.25, 0.3) is 11.1 Å². The first-order valence-corrected chi connectivity index (χ1v) is 20.5. The summed E-state index contributed by atoms with van der Waals surface area (Å²) in [5.74, 6) is -5.60. The van der Waals surface area contributed by atoms with Gasteiger partial charge in [-0.1, -0.05) is 103 Å². The van der Waals surface area contributed by atoms with Crippen molar-refractivity contribution in [2.45, 2.75) is 80.2 Å². The SMILES string of the molecule is O=C(O)C[C@@H]1Cc2ccc(cc2)NC(=O)[C@H](O)[C@@H](O)C(=O)N[C@H](CC2CC=CS2)C(=O)N[C@@H](Cc2ccc(-c3ccccc3)cc2)C(=O)N[C@H](Cc2ccccc2)C(=O)N1. The second-order valence-corrected chi connectivity index (χ2v) is 16.0. The molecule has 3 aliphatic rings. The molecule has 0 saturated carbocycles. The van der Waals surface area contributed by atoms with Crippen LogP contribution in [0.2, 0.25) is 0 Å². The minimum atomic E-state index is -2.27. The lowest BCUT2D eigenvalue weighted by Gasteiger charge is -2.28. The fourth-order valence-corrected chi connectivity index (χ4v) is 8.01. The van der Waals surface area contributed by atoms with Crippen LogP contribution in [0, 0.1) is 0 Å². The lowest BCUT2D eigenvalue weighted by molar-refractivity contribution is -0.145. The number of carboxylic acid groups (broad SMARTS) is 1. The number of aliphatic carboxylic acids is 1. The summed E-state index contributed by atoms with van der Waals surface area (Å²) in [5.41, 5.74) is 4.07. The van der Waals surface area contributed by atoms with Crippen LogP contribution >= 0.6 is 11.8 Å². The molecule has 2 bridgehead atoms. The summed E-state index contributed by atoms with van der Waals surface area (Å²) in [6.45, 7) is 0. The van der Waals surface area contributed by atoms with Crippen molar-refractivity contribution >= 4 is 53.0 Å². The van der Waals surface area contributed by atoms with Crippen LogP contribution in [-0.2, 0) is 48.0 Å². The number of hydrogen-bond acceptors (Lipinski definition) is 9. The number of carbonyl (C=O) groups is 6. The molecule has 0 radical (unpaired) electrons. The van der Waals surface area contributed by atoms with E-state index in [0.717, 1.165) is 11.1 Å². The number of amides is 5. The van der Waals surface area contributed by atoms with Crippen LogP contribution in [0.3, 0.4) is 0 Å². The van der Waals surface area contributed by atoms with Crippen LogP contribution in [0.4, 0.5) is 5.69 Å². The van der Waals surface area contributed by atoms with Gasteiger partial charge >= 0.3 is 5.97 Å². The van der Waals surface area contributed by atoms with Gasteiger partial charge in [-0.2, -0.15) is 0 Å². The van der Waals surface area contributed by atoms with Crippen molar-refractivity contribution in [2.75, 3.05) is 5.32 Å². The topological polar surface area (TPSA) is 223 Å². The fraction of sp³-hybridized carbons (Fsp3) is 0.289. The number of benzene rings is 4. The van der Waals surface area contributed by atoms with E-state index in [9.17, 15) is 44.1 Å². The van der Waals surface area contributed by atoms with E-state index < -0.39 is 78.3 Å². The summed E-state index contributed by atoms with van der Waals surface area (Å²) in [4.78, 5) is 81.3. The van der Waals surface area contributed by atoms with Crippen molar-refractivity contribution < 1.29 is 44.1 Å². The quantitative estimate of drug-likeness (QED) is 0.115. The Bertz CT molecular complexity index is 2160. The normalized spacial score (nSPS) is 24.3. The average Bonchev–Trinajstić information content (AvgIpc) is 3.76. The first kappa shape index (κ1) is 43.3. The molecule has 15 heteroatoms. The van der Waals surface area contributed by atoms with Gasteiger partial charge in [-0.05, 0) is 64.6 Å². The van der Waals surface area contributed by atoms with Crippen molar-refractivity contribution in [3.05, 3.63) is 137 Å². The Kier molecular flexibility index (Phi) is 14.9. The third kappa shape index (κ3) is 12.1. The van der Waals surface area contributed by atoms with E-state index in [1.807, 2.05) is 66.1 Å². The lowest BCUT2D eigenvalue weighted by Crippen LogP contribution is -2.59. The number of hydrogen-bond donors (Lipinski definition) is 8. The van der Waals surface area contributed by atoms with Gasteiger partial charge in [0, 0.05) is 29.8 Å². The largest absolute Gasteiger partial charge is 0.481 e. The number of fused-ring (bicyclic) bond motifs is 18. The van der Waals surface area contributed by atoms with Gasteiger partial charge in [-0.3, -0.25) is 28.8 Å². The minimum absolute atomic E-state index is 0.0316. The molecule has 1 unspecified atom stereocenters. The van der Waals surface area contributed by atoms with Gasteiger partial charge < -0.3 is 41.9 Å². The van der Waals surface area contributed by atoms with Gasteiger partial charge in [0.15, 0.2) is 12.2 Å². The number of aliphatic hydroxyl groups is 2. The molecule has 0 spiro atoms. The van der Waals surface area contributed by atoms with Crippen LogP contribution < -0.4 is 26.6 Å². The number of carbonyl (C=O) groups excluding carboxylic acids is 5. The van der Waals surface area contributed by atoms with Gasteiger partial charge in [0.1, 0.15) is 18.1 Å². The van der Waals surface area contributed by atoms with E-state index in [2.05, 4.69) is 26.6 Å². The molecule has 60 heavy (non-hydrogen) atoms. The number of carboxylic acids is 1. The molecular formula is C45H47N5O9S. The van der Waals surface area contributed by atoms with Crippen LogP contribution in [0.5, 0.6) is 0 Å². The Morgan fingerprint density at radius 1 is 0.600 bits per heavy atom. The van der Waals surface area contributed by atoms with Crippen molar-refractivity contribution in [3.63, 3.8) is 0 Å². The Hall–Kier alpha value is -6.29. The zero-order chi connectivity index (χ0) is 42.6. The number of aliphatic hydroxyl groups excluding tert-OH is 2. The number of rotatable bonds is 9. The summed E-state index contributed by atoms with van der Waals surface area (Å²) in [7, 11) is 0. The van der Waals surface area contributed by atoms with Gasteiger partial charge in [-0.15, -0.1) is 11.8 Å². The minimum Gasteiger partial charge on any atom is -0.481 e. The smallest absolute Gasteiger partial charge is 0.305 e. The monoisotopic (exact) mass is 833 g/mol. The highest BCUT2D eigenvalue weighted by Crippen LogP contribution is 2.28. The van der Waals surface area contributed by atoms with Crippen molar-refractivity contribution in [1.82, 2.24) is 21.3 Å². The maximum atomic E-state index is 14.5. The maximum Gasteiger partial charge on any atom is 0.305 e. The molecule has 0 saturated heterocycles. The Morgan fingerprint density at radius 2 is 1.13 bits per heavy atom. The number of nitrogens with one attached hydrogen (secondary N) is 5. The fourth-order valence-electron chi connectivity index (χ4n) is 7.04. The molecule has 312 valence electrons. The second kappa shape index (κ2) is 20.6. The first-order chi connectivity index (χ1) is 28.9. The third-order valence-corrected chi connectivity index (χ3v) is 11.4. The van der Waals surface area contributed by atoms with E-state index in [1.165, 1.54) is 23.9 Å². The summed E-state index contributed by atoms with van der Waals surface area (Å²) in [5, 5.41) is 46.4. The zero-order valence-electron chi connectivity index (χ0n) is 32.5. The highest BCUT2D eigenvalue weighted by Gasteiger charge is 2.36. The highest BCUT2D eigenvalue weighted by molar-refractivity contribution is 8.03. The number of thioether (sulfide) groups is 1. The second-order valence-electron chi connectivity index (χ2n) is 14.8. The van der Waals surface area contributed by atoms with Crippen molar-refractivity contribution in [2.24, 2.45) is 0 Å². The summed E-state index contributed by atoms with van der Waals surface area (Å²) in [6.07, 6.45) is -2.32. The molecule has 0 aromatic heterocycles. The summed E-state index contributed by atoms with van der Waals surface area (Å²) < 4.78 is 0. The summed E-state index contributed by atoms with van der Waals surface area (Å²) in [6, 6.07) is 27.4. The molecule has 7 atom stereocenters. The van der Waals surface area contributed by atoms with Crippen molar-refractivity contribution in [1.29, 1.82) is 0 Å². The molecule has 5 amide bonds. The van der Waals surface area contributed by atoms with Gasteiger partial charge in [0.25, 0.3) is 11.8 Å². The Labute approximate surface area is 351 Å². The molecule has 3 heterocycles. The standard InChI is InChI=1S/C45H47N5O9S/c51-38(52)25-33-22-28-15-19-32(20-16-28)46-44(58)39(53)40(54)45(59)50-37(26-34-12-7-21-60-34)43(57)49-36(24-29-13-17-31(18-14-29)30-10-5-2-6-11-30)42(56)48-35(41(55)47-33)23-27-8-3-1-4-9-27/h1-11,13-21,33-37,39-40,53-54H,12,22-26H2,(H,46,58)(H,47,55)(H,48,56)(H,49,57)(H,50,59)(H,51,52)/t33-,34?,35+,36-,37+,39+,40+/m0/s1. The molecule has 4 aromatic carbocycles. The Balaban J connectivity index is 1.36. The molecule has 8 N–H and O–H groups in total. The van der Waals surface area contributed by atoms with E-state index >= 15 is 0 Å². The predicted octanol–water partition coefficient (Wildman–Crippen LogP) is 2.88. The summed E-state index contributed by atoms with van der Waals surface area (Å²) >= 11 is 1.44. The molecule has 0 aliphatic carbocycles. The third-order valence-electron chi connectivity index (χ3n) is 10.3.